The van der Waals surface area contributed by atoms with Crippen LogP contribution in [0.3, 0.4) is 0 Å². The molecule has 0 bridgehead atoms. The van der Waals surface area contributed by atoms with Gasteiger partial charge in [0, 0.05) is 17.1 Å². The number of anilines is 2. The van der Waals surface area contributed by atoms with Crippen molar-refractivity contribution in [2.24, 2.45) is 0 Å². The Kier molecular flexibility index (Phi) is 11.5. The molecule has 1 aliphatic heterocycles. The van der Waals surface area contributed by atoms with Crippen LogP contribution in [0.25, 0.3) is 69.5 Å². The quantitative estimate of drug-likeness (QED) is 0.0907. The number of hydrogen-bond donors (Lipinski definition) is 0. The number of aromatic nitrogens is 2. The van der Waals surface area contributed by atoms with Crippen molar-refractivity contribution in [2.45, 2.75) is 83.6 Å². The number of halogens is 1. The molecule has 4 heterocycles. The van der Waals surface area contributed by atoms with Gasteiger partial charge in [-0.05, 0) is 98.4 Å². The van der Waals surface area contributed by atoms with E-state index in [9.17, 15) is 4.39 Å². The Hall–Kier alpha value is -5.70. The number of benzene rings is 7. The Morgan fingerprint density at radius 2 is 1.43 bits per heavy atom. The SMILES string of the molecule is Cc1ccc2c(n1)sc1c(C3[N-]c4cc5c(ccc6ccccc65)cc4N3c3c(C(C)C)cc(-c4ccccc4)cc3C(C)C)[c-]ccc12.[2H]C([2H])([2H])c1cc(-c2[c-]ccc(C([2H])([2H])[2H])c2F)nc[c]1[Ge]([CH3])([CH3])[CH3].[Ir+3]. The van der Waals surface area contributed by atoms with E-state index in [4.69, 9.17) is 18.5 Å². The molecule has 8 heteroatoms. The summed E-state index contributed by atoms with van der Waals surface area (Å²) in [4.78, 5) is 12.8. The van der Waals surface area contributed by atoms with Crippen LogP contribution in [0.5, 0.6) is 0 Å². The minimum absolute atomic E-state index is 0. The van der Waals surface area contributed by atoms with Gasteiger partial charge < -0.3 is 10.2 Å². The molecule has 4 nitrogen and oxygen atoms in total. The van der Waals surface area contributed by atoms with E-state index in [-0.39, 0.29) is 43.1 Å². The molecule has 0 saturated carbocycles. The Labute approximate surface area is 435 Å². The molecule has 0 saturated heterocycles. The average molecular weight is 1170 g/mol. The zero-order valence-electron chi connectivity index (χ0n) is 45.9. The van der Waals surface area contributed by atoms with E-state index in [1.165, 1.54) is 83.3 Å². The van der Waals surface area contributed by atoms with E-state index in [1.807, 2.05) is 17.3 Å². The Morgan fingerprint density at radius 1 is 0.725 bits per heavy atom. The van der Waals surface area contributed by atoms with Crippen molar-refractivity contribution in [2.75, 3.05) is 4.90 Å². The van der Waals surface area contributed by atoms with Crippen LogP contribution >= 0.6 is 11.3 Å². The molecule has 69 heavy (non-hydrogen) atoms. The monoisotopic (exact) mass is 1170 g/mol. The fourth-order valence-electron chi connectivity index (χ4n) is 9.50. The van der Waals surface area contributed by atoms with Crippen LogP contribution in [0.1, 0.15) is 87.4 Å². The maximum absolute atomic E-state index is 14.7. The van der Waals surface area contributed by atoms with Gasteiger partial charge in [-0.2, -0.15) is 29.5 Å². The van der Waals surface area contributed by atoms with E-state index in [0.29, 0.717) is 11.8 Å². The van der Waals surface area contributed by atoms with Gasteiger partial charge >= 0.3 is 145 Å². The Morgan fingerprint density at radius 3 is 2.16 bits per heavy atom. The average Bonchev–Trinajstić information content (AvgIpc) is 3.92. The zero-order chi connectivity index (χ0) is 52.6. The van der Waals surface area contributed by atoms with Crippen LogP contribution in [0, 0.1) is 38.6 Å². The van der Waals surface area contributed by atoms with Gasteiger partial charge in [0.15, 0.2) is 0 Å². The van der Waals surface area contributed by atoms with E-state index >= 15 is 0 Å². The van der Waals surface area contributed by atoms with Gasteiger partial charge in [0.25, 0.3) is 0 Å². The van der Waals surface area contributed by atoms with Crippen molar-refractivity contribution in [1.82, 2.24) is 9.97 Å². The fraction of sp³-hybridized carbons (Fsp3) is 0.213. The molecule has 7 aromatic carbocycles. The van der Waals surface area contributed by atoms with E-state index < -0.39 is 38.4 Å². The number of pyridine rings is 2. The maximum atomic E-state index is 14.7. The molecule has 0 amide bonds. The van der Waals surface area contributed by atoms with Gasteiger partial charge in [0.2, 0.25) is 0 Å². The smallest absolute Gasteiger partial charge is 3.00 e. The molecule has 3 aromatic heterocycles. The number of thiophene rings is 1. The Balaban J connectivity index is 0.000000225. The summed E-state index contributed by atoms with van der Waals surface area (Å²) in [5.41, 5.74) is 10.4. The van der Waals surface area contributed by atoms with Crippen LogP contribution in [0.4, 0.5) is 21.5 Å². The van der Waals surface area contributed by atoms with Gasteiger partial charge in [0.1, 0.15) is 4.83 Å². The van der Waals surface area contributed by atoms with Crippen molar-refractivity contribution < 1.29 is 32.7 Å². The van der Waals surface area contributed by atoms with Crippen LogP contribution in [0.2, 0.25) is 17.3 Å². The van der Waals surface area contributed by atoms with Crippen LogP contribution in [-0.4, -0.2) is 23.2 Å². The van der Waals surface area contributed by atoms with Crippen molar-refractivity contribution in [3.8, 4) is 22.4 Å². The summed E-state index contributed by atoms with van der Waals surface area (Å²) < 4.78 is 62.2. The molecular formula is C61H56FGeIrN4S. The molecule has 1 aliphatic rings. The molecule has 0 aliphatic carbocycles. The molecular weight excluding hydrogens is 1100 g/mol. The first-order valence-electron chi connectivity index (χ1n) is 26.2. The summed E-state index contributed by atoms with van der Waals surface area (Å²) in [6, 6.07) is 52.2. The topological polar surface area (TPSA) is 43.1 Å². The molecule has 0 fully saturated rings. The fourth-order valence-corrected chi connectivity index (χ4v) is 13.5. The first kappa shape index (κ1) is 41.1. The molecule has 1 atom stereocenters. The molecule has 0 spiro atoms. The van der Waals surface area contributed by atoms with E-state index in [0.717, 1.165) is 37.9 Å². The van der Waals surface area contributed by atoms with E-state index in [2.05, 4.69) is 172 Å². The second-order valence-electron chi connectivity index (χ2n) is 19.4. The van der Waals surface area contributed by atoms with Crippen molar-refractivity contribution in [1.29, 1.82) is 0 Å². The summed E-state index contributed by atoms with van der Waals surface area (Å²) in [7, 11) is 0. The molecule has 1 unspecified atom stereocenters. The first-order chi connectivity index (χ1) is 35.1. The third kappa shape index (κ3) is 9.04. The number of nitrogens with zero attached hydrogens (tertiary/aromatic N) is 4. The second-order valence-corrected chi connectivity index (χ2v) is 31.0. The third-order valence-corrected chi connectivity index (χ3v) is 18.4. The maximum Gasteiger partial charge on any atom is 3.00 e. The second kappa shape index (κ2) is 19.2. The van der Waals surface area contributed by atoms with Crippen LogP contribution in [0.15, 0.2) is 140 Å². The predicted octanol–water partition coefficient (Wildman–Crippen LogP) is 17.5. The van der Waals surface area contributed by atoms with Crippen molar-refractivity contribution in [3.05, 3.63) is 196 Å². The normalized spacial score (nSPS) is 15.2. The minimum Gasteiger partial charge on any atom is 3.00 e. The first-order valence-corrected chi connectivity index (χ1v) is 31.4. The predicted molar refractivity (Wildman–Crippen MR) is 291 cm³/mol. The van der Waals surface area contributed by atoms with Crippen molar-refractivity contribution >= 4 is 87.9 Å². The number of rotatable bonds is 7. The van der Waals surface area contributed by atoms with Gasteiger partial charge in [-0.1, -0.05) is 111 Å². The third-order valence-electron chi connectivity index (χ3n) is 13.0. The summed E-state index contributed by atoms with van der Waals surface area (Å²) in [5, 5.41) is 13.0. The summed E-state index contributed by atoms with van der Waals surface area (Å²) in [6.45, 7) is 6.38. The summed E-state index contributed by atoms with van der Waals surface area (Å²) >= 11 is -0.753. The Bertz CT molecular complexity index is 3770. The van der Waals surface area contributed by atoms with Crippen molar-refractivity contribution in [3.63, 3.8) is 0 Å². The van der Waals surface area contributed by atoms with Gasteiger partial charge in [0.05, 0.1) is 0 Å². The number of hydrogen-bond acceptors (Lipinski definition) is 4. The molecule has 0 N–H and O–H groups in total. The molecule has 346 valence electrons. The standard InChI is InChI=1S/C45H37N3S.C16H19FGeN.Ir/c1-26(2)37-22-32(29-12-7-6-8-13-29)23-38(27(3)4)42(37)48-41-24-31-20-19-30-14-9-10-15-33(30)39(31)25-40(41)47-44(48)36-17-11-16-34-35-21-18-28(5)46-45(35)49-43(34)36;1-11-7-6-8-13(16(11)17)15-9-12(2)14(10-19-15)18(3,4)5;/h6-16,18-27,44H,1-5H3;6-7,9-10H,1-5H3;/q-2;-1;+3/i;1D3,2D3;. The summed E-state index contributed by atoms with van der Waals surface area (Å²) in [5.74, 6) is 5.79. The number of fused-ring (bicyclic) bond motifs is 7. The van der Waals surface area contributed by atoms with Gasteiger partial charge in [-0.15, -0.1) is 16.6 Å². The van der Waals surface area contributed by atoms with E-state index in [1.54, 1.807) is 11.3 Å². The zero-order valence-corrected chi connectivity index (χ0v) is 45.2. The molecule has 11 rings (SSSR count). The minimum atomic E-state index is -2.61. The van der Waals surface area contributed by atoms with Gasteiger partial charge in [-0.25, -0.2) is 4.98 Å². The largest absolute Gasteiger partial charge is 3.00 e. The van der Waals surface area contributed by atoms with Gasteiger partial charge in [-0.3, -0.25) is 0 Å². The number of aryl methyl sites for hydroxylation is 3. The van der Waals surface area contributed by atoms with Crippen LogP contribution in [-0.2, 0) is 20.1 Å². The summed E-state index contributed by atoms with van der Waals surface area (Å²) in [6.07, 6.45) is 1.21. The van der Waals surface area contributed by atoms with Crippen LogP contribution < -0.4 is 9.30 Å². The molecule has 10 aromatic rings. The molecule has 0 radical (unpaired) electrons.